The number of hydrogen-bond donors (Lipinski definition) is 1. The molecule has 5 heteroatoms. The van der Waals surface area contributed by atoms with Gasteiger partial charge in [-0.2, -0.15) is 0 Å². The van der Waals surface area contributed by atoms with E-state index in [2.05, 4.69) is 47.6 Å². The van der Waals surface area contributed by atoms with Gasteiger partial charge in [-0.15, -0.1) is 0 Å². The lowest BCUT2D eigenvalue weighted by Crippen LogP contribution is -2.17. The molecule has 5 aromatic rings. The van der Waals surface area contributed by atoms with Gasteiger partial charge in [0, 0.05) is 40.1 Å². The number of aromatic nitrogens is 2. The number of halogens is 2. The molecule has 2 heterocycles. The fourth-order valence-electron chi connectivity index (χ4n) is 4.36. The van der Waals surface area contributed by atoms with Crippen LogP contribution in [-0.4, -0.2) is 16.0 Å². The minimum absolute atomic E-state index is 0.217. The second-order valence-corrected chi connectivity index (χ2v) is 9.54. The number of nitrogens with zero attached hydrogens (tertiary/aromatic N) is 2. The Bertz CT molecular complexity index is 1490. The van der Waals surface area contributed by atoms with E-state index in [-0.39, 0.29) is 11.9 Å². The largest absolute Gasteiger partial charge is 0.381 e. The van der Waals surface area contributed by atoms with Gasteiger partial charge in [0.05, 0.1) is 17.1 Å². The summed E-state index contributed by atoms with van der Waals surface area (Å²) in [4.78, 5) is 9.25. The average Bonchev–Trinajstić information content (AvgIpc) is 2.93. The number of anilines is 1. The molecule has 0 saturated carbocycles. The summed E-state index contributed by atoms with van der Waals surface area (Å²) in [6, 6.07) is 31.0. The summed E-state index contributed by atoms with van der Waals surface area (Å²) in [5.74, 6) is -0.294. The van der Waals surface area contributed by atoms with Crippen LogP contribution in [0.4, 0.5) is 10.1 Å². The van der Waals surface area contributed by atoms with Gasteiger partial charge in [0.25, 0.3) is 0 Å². The van der Waals surface area contributed by atoms with Crippen LogP contribution in [0.1, 0.15) is 18.9 Å². The summed E-state index contributed by atoms with van der Waals surface area (Å²) in [6.45, 7) is 2.18. The molecular weight excluding hydrogens is 481 g/mol. The van der Waals surface area contributed by atoms with Crippen LogP contribution in [0, 0.1) is 5.82 Å². The fraction of sp³-hybridized carbons (Fsp3) is 0.125. The van der Waals surface area contributed by atoms with Crippen LogP contribution < -0.4 is 5.32 Å². The zero-order valence-electron chi connectivity index (χ0n) is 20.5. The van der Waals surface area contributed by atoms with Crippen molar-refractivity contribution in [3.8, 4) is 33.6 Å². The van der Waals surface area contributed by atoms with Gasteiger partial charge in [-0.05, 0) is 73.4 Å². The highest BCUT2D eigenvalue weighted by atomic mass is 35.5. The van der Waals surface area contributed by atoms with Gasteiger partial charge < -0.3 is 5.32 Å². The maximum Gasteiger partial charge on any atom is 0.132 e. The van der Waals surface area contributed by atoms with E-state index < -0.39 is 0 Å². The fourth-order valence-corrected chi connectivity index (χ4v) is 4.49. The first-order valence-electron chi connectivity index (χ1n) is 12.3. The molecular formula is C32H27ClFN3. The molecule has 0 aliphatic heterocycles. The van der Waals surface area contributed by atoms with Crippen molar-refractivity contribution >= 4 is 17.3 Å². The second-order valence-electron chi connectivity index (χ2n) is 9.11. The minimum atomic E-state index is -0.294. The van der Waals surface area contributed by atoms with Gasteiger partial charge in [0.15, 0.2) is 0 Å². The van der Waals surface area contributed by atoms with Gasteiger partial charge in [0.2, 0.25) is 0 Å². The highest BCUT2D eigenvalue weighted by molar-refractivity contribution is 6.30. The van der Waals surface area contributed by atoms with Crippen LogP contribution in [0.25, 0.3) is 33.6 Å². The minimum Gasteiger partial charge on any atom is -0.381 e. The monoisotopic (exact) mass is 507 g/mol. The summed E-state index contributed by atoms with van der Waals surface area (Å²) >= 11 is 6.14. The summed E-state index contributed by atoms with van der Waals surface area (Å²) < 4.78 is 14.4. The molecule has 1 atom stereocenters. The number of benzene rings is 3. The van der Waals surface area contributed by atoms with Gasteiger partial charge in [-0.25, -0.2) is 4.39 Å². The normalized spacial score (nSPS) is 11.8. The molecule has 0 fully saturated rings. The molecule has 5 rings (SSSR count). The molecule has 37 heavy (non-hydrogen) atoms. The molecule has 0 aliphatic rings. The van der Waals surface area contributed by atoms with Crippen LogP contribution in [0.5, 0.6) is 0 Å². The van der Waals surface area contributed by atoms with E-state index in [1.54, 1.807) is 18.3 Å². The third kappa shape index (κ3) is 6.04. The van der Waals surface area contributed by atoms with E-state index in [1.807, 2.05) is 54.7 Å². The molecule has 2 aromatic heterocycles. The van der Waals surface area contributed by atoms with Crippen LogP contribution >= 0.6 is 11.6 Å². The molecule has 1 N–H and O–H groups in total. The van der Waals surface area contributed by atoms with Crippen molar-refractivity contribution in [1.29, 1.82) is 0 Å². The molecule has 3 aromatic carbocycles. The molecule has 0 saturated heterocycles. The third-order valence-electron chi connectivity index (χ3n) is 6.36. The first-order valence-corrected chi connectivity index (χ1v) is 12.7. The van der Waals surface area contributed by atoms with Crippen molar-refractivity contribution < 1.29 is 4.39 Å². The molecule has 0 radical (unpaired) electrons. The summed E-state index contributed by atoms with van der Waals surface area (Å²) in [5.41, 5.74) is 7.00. The van der Waals surface area contributed by atoms with Gasteiger partial charge in [-0.3, -0.25) is 9.97 Å². The number of hydrogen-bond acceptors (Lipinski definition) is 3. The van der Waals surface area contributed by atoms with Crippen LogP contribution in [0.15, 0.2) is 109 Å². The van der Waals surface area contributed by atoms with Gasteiger partial charge in [0.1, 0.15) is 5.82 Å². The van der Waals surface area contributed by atoms with Crippen molar-refractivity contribution in [1.82, 2.24) is 9.97 Å². The van der Waals surface area contributed by atoms with Crippen molar-refractivity contribution in [3.63, 3.8) is 0 Å². The van der Waals surface area contributed by atoms with E-state index in [0.29, 0.717) is 16.3 Å². The Morgan fingerprint density at radius 1 is 0.811 bits per heavy atom. The summed E-state index contributed by atoms with van der Waals surface area (Å²) in [5, 5.41) is 4.37. The van der Waals surface area contributed by atoms with Crippen LogP contribution in [0.2, 0.25) is 5.02 Å². The Labute approximate surface area is 222 Å². The predicted octanol–water partition coefficient (Wildman–Crippen LogP) is 8.70. The maximum atomic E-state index is 14.4. The zero-order chi connectivity index (χ0) is 25.6. The predicted molar refractivity (Wildman–Crippen MR) is 151 cm³/mol. The first kappa shape index (κ1) is 24.7. The molecule has 0 spiro atoms. The Morgan fingerprint density at radius 2 is 1.57 bits per heavy atom. The third-order valence-corrected chi connectivity index (χ3v) is 6.61. The quantitative estimate of drug-likeness (QED) is 0.228. The van der Waals surface area contributed by atoms with Crippen LogP contribution in [0.3, 0.4) is 0 Å². The van der Waals surface area contributed by atoms with E-state index in [0.717, 1.165) is 40.9 Å². The SMILES string of the molecule is CC(CCc1ccccc1)Nc1cc(-c2ccnc(-c3ccccc3F)c2)cnc1-c1ccc(Cl)cc1. The molecule has 1 unspecified atom stereocenters. The van der Waals surface area contributed by atoms with Gasteiger partial charge >= 0.3 is 0 Å². The highest BCUT2D eigenvalue weighted by Gasteiger charge is 2.14. The highest BCUT2D eigenvalue weighted by Crippen LogP contribution is 2.33. The van der Waals surface area contributed by atoms with E-state index in [1.165, 1.54) is 11.6 Å². The van der Waals surface area contributed by atoms with E-state index in [9.17, 15) is 4.39 Å². The Morgan fingerprint density at radius 3 is 2.35 bits per heavy atom. The van der Waals surface area contributed by atoms with Crippen molar-refractivity contribution in [2.24, 2.45) is 0 Å². The standard InChI is InChI=1S/C32H27ClFN3/c1-22(11-12-23-7-3-2-4-8-23)37-31-20-26(21-36-32(31)24-13-15-27(33)16-14-24)25-17-18-35-30(19-25)28-9-5-6-10-29(28)34/h2-10,13-22,37H,11-12H2,1H3. The molecule has 184 valence electrons. The van der Waals surface area contributed by atoms with E-state index >= 15 is 0 Å². The van der Waals surface area contributed by atoms with Crippen molar-refractivity contribution in [2.45, 2.75) is 25.8 Å². The number of rotatable bonds is 8. The number of aryl methyl sites for hydroxylation is 1. The first-order chi connectivity index (χ1) is 18.1. The summed E-state index contributed by atoms with van der Waals surface area (Å²) in [7, 11) is 0. The van der Waals surface area contributed by atoms with E-state index in [4.69, 9.17) is 16.6 Å². The number of nitrogens with one attached hydrogen (secondary N) is 1. The van der Waals surface area contributed by atoms with Gasteiger partial charge in [-0.1, -0.05) is 66.2 Å². The van der Waals surface area contributed by atoms with Crippen molar-refractivity contribution in [2.75, 3.05) is 5.32 Å². The average molecular weight is 508 g/mol. The maximum absolute atomic E-state index is 14.4. The molecule has 0 aliphatic carbocycles. The lowest BCUT2D eigenvalue weighted by Gasteiger charge is -2.19. The zero-order valence-corrected chi connectivity index (χ0v) is 21.3. The smallest absolute Gasteiger partial charge is 0.132 e. The second kappa shape index (κ2) is 11.4. The topological polar surface area (TPSA) is 37.8 Å². The Kier molecular flexibility index (Phi) is 7.57. The number of pyridine rings is 2. The molecule has 3 nitrogen and oxygen atoms in total. The summed E-state index contributed by atoms with van der Waals surface area (Å²) in [6.07, 6.45) is 5.51. The Balaban J connectivity index is 1.47. The molecule has 0 amide bonds. The van der Waals surface area contributed by atoms with Crippen LogP contribution in [-0.2, 0) is 6.42 Å². The lowest BCUT2D eigenvalue weighted by molar-refractivity contribution is 0.631. The molecule has 0 bridgehead atoms. The lowest BCUT2D eigenvalue weighted by atomic mass is 10.0. The van der Waals surface area contributed by atoms with Crippen molar-refractivity contribution in [3.05, 3.63) is 126 Å². The Hall–Kier alpha value is -4.02.